The Morgan fingerprint density at radius 2 is 2.44 bits per heavy atom. The van der Waals surface area contributed by atoms with Crippen molar-refractivity contribution in [3.63, 3.8) is 0 Å². The van der Waals surface area contributed by atoms with E-state index in [-0.39, 0.29) is 12.1 Å². The Hall–Kier alpha value is -0.940. The van der Waals surface area contributed by atoms with Gasteiger partial charge in [0.05, 0.1) is 6.10 Å². The second-order valence-electron chi connectivity index (χ2n) is 4.34. The standard InChI is InChI=1S/C11H20N4O/c1-2-6-15-11(13-8-14-15)7-16-10-5-3-4-9(10)12/h8-10H,2-7,12H2,1H3. The molecule has 1 fully saturated rings. The number of nitrogens with two attached hydrogens (primary N) is 1. The number of rotatable bonds is 5. The molecule has 5 nitrogen and oxygen atoms in total. The fourth-order valence-corrected chi connectivity index (χ4v) is 2.14. The zero-order valence-corrected chi connectivity index (χ0v) is 9.80. The van der Waals surface area contributed by atoms with Gasteiger partial charge in [0, 0.05) is 12.6 Å². The van der Waals surface area contributed by atoms with Gasteiger partial charge in [0.2, 0.25) is 0 Å². The van der Waals surface area contributed by atoms with Gasteiger partial charge in [-0.1, -0.05) is 6.92 Å². The van der Waals surface area contributed by atoms with Crippen molar-refractivity contribution >= 4 is 0 Å². The molecule has 0 amide bonds. The highest BCUT2D eigenvalue weighted by Crippen LogP contribution is 2.21. The molecule has 0 aromatic carbocycles. The molecular weight excluding hydrogens is 204 g/mol. The van der Waals surface area contributed by atoms with Crippen molar-refractivity contribution in [2.75, 3.05) is 0 Å². The molecule has 0 aliphatic heterocycles. The van der Waals surface area contributed by atoms with Crippen LogP contribution in [0.1, 0.15) is 38.4 Å². The fraction of sp³-hybridized carbons (Fsp3) is 0.818. The molecule has 5 heteroatoms. The van der Waals surface area contributed by atoms with E-state index in [1.807, 2.05) is 4.68 Å². The largest absolute Gasteiger partial charge is 0.369 e. The molecule has 2 rings (SSSR count). The summed E-state index contributed by atoms with van der Waals surface area (Å²) in [5.41, 5.74) is 5.95. The monoisotopic (exact) mass is 224 g/mol. The predicted octanol–water partition coefficient (Wildman–Crippen LogP) is 1.08. The SMILES string of the molecule is CCCn1ncnc1COC1CCCC1N. The lowest BCUT2D eigenvalue weighted by atomic mass is 10.2. The van der Waals surface area contributed by atoms with Gasteiger partial charge in [-0.05, 0) is 25.7 Å². The van der Waals surface area contributed by atoms with Crippen molar-refractivity contribution in [2.45, 2.75) is 57.9 Å². The smallest absolute Gasteiger partial charge is 0.152 e. The molecule has 0 bridgehead atoms. The molecule has 1 heterocycles. The molecule has 2 atom stereocenters. The zero-order valence-electron chi connectivity index (χ0n) is 9.80. The highest BCUT2D eigenvalue weighted by atomic mass is 16.5. The third-order valence-corrected chi connectivity index (χ3v) is 3.06. The van der Waals surface area contributed by atoms with Crippen molar-refractivity contribution < 1.29 is 4.74 Å². The van der Waals surface area contributed by atoms with Gasteiger partial charge in [-0.3, -0.25) is 0 Å². The summed E-state index contributed by atoms with van der Waals surface area (Å²) in [7, 11) is 0. The van der Waals surface area contributed by atoms with Gasteiger partial charge < -0.3 is 10.5 Å². The second kappa shape index (κ2) is 5.41. The van der Waals surface area contributed by atoms with E-state index < -0.39 is 0 Å². The molecule has 0 radical (unpaired) electrons. The first-order valence-electron chi connectivity index (χ1n) is 6.05. The van der Waals surface area contributed by atoms with Gasteiger partial charge in [-0.15, -0.1) is 0 Å². The summed E-state index contributed by atoms with van der Waals surface area (Å²) < 4.78 is 7.70. The summed E-state index contributed by atoms with van der Waals surface area (Å²) in [6, 6.07) is 0.197. The molecular formula is C11H20N4O. The van der Waals surface area contributed by atoms with Gasteiger partial charge in [0.1, 0.15) is 12.9 Å². The second-order valence-corrected chi connectivity index (χ2v) is 4.34. The van der Waals surface area contributed by atoms with E-state index in [1.165, 1.54) is 6.42 Å². The van der Waals surface area contributed by atoms with Crippen LogP contribution in [0.3, 0.4) is 0 Å². The lowest BCUT2D eigenvalue weighted by molar-refractivity contribution is 0.0299. The Balaban J connectivity index is 1.86. The third kappa shape index (κ3) is 2.59. The molecule has 2 unspecified atom stereocenters. The van der Waals surface area contributed by atoms with Crippen molar-refractivity contribution in [2.24, 2.45) is 5.73 Å². The number of aromatic nitrogens is 3. The normalized spacial score (nSPS) is 25.1. The van der Waals surface area contributed by atoms with Crippen LogP contribution < -0.4 is 5.73 Å². The van der Waals surface area contributed by atoms with E-state index in [0.29, 0.717) is 6.61 Å². The van der Waals surface area contributed by atoms with Crippen LogP contribution in [0.5, 0.6) is 0 Å². The summed E-state index contributed by atoms with van der Waals surface area (Å²) in [5.74, 6) is 0.904. The van der Waals surface area contributed by atoms with E-state index in [0.717, 1.165) is 31.6 Å². The predicted molar refractivity (Wildman–Crippen MR) is 60.7 cm³/mol. The van der Waals surface area contributed by atoms with Crippen LogP contribution in [0.25, 0.3) is 0 Å². The minimum absolute atomic E-state index is 0.197. The number of hydrogen-bond donors (Lipinski definition) is 1. The first kappa shape index (κ1) is 11.5. The van der Waals surface area contributed by atoms with Crippen LogP contribution >= 0.6 is 0 Å². The van der Waals surface area contributed by atoms with Crippen molar-refractivity contribution in [3.8, 4) is 0 Å². The first-order valence-corrected chi connectivity index (χ1v) is 6.05. The quantitative estimate of drug-likeness (QED) is 0.813. The molecule has 16 heavy (non-hydrogen) atoms. The fourth-order valence-electron chi connectivity index (χ4n) is 2.14. The number of aryl methyl sites for hydroxylation is 1. The van der Waals surface area contributed by atoms with E-state index in [9.17, 15) is 0 Å². The Kier molecular flexibility index (Phi) is 3.90. The molecule has 1 aromatic rings. The maximum absolute atomic E-state index is 5.95. The highest BCUT2D eigenvalue weighted by Gasteiger charge is 2.24. The van der Waals surface area contributed by atoms with E-state index in [2.05, 4.69) is 17.0 Å². The van der Waals surface area contributed by atoms with Crippen LogP contribution in [-0.2, 0) is 17.9 Å². The molecule has 1 aromatic heterocycles. The van der Waals surface area contributed by atoms with Crippen LogP contribution in [0.4, 0.5) is 0 Å². The number of ether oxygens (including phenoxy) is 1. The summed E-state index contributed by atoms with van der Waals surface area (Å²) >= 11 is 0. The molecule has 1 saturated carbocycles. The van der Waals surface area contributed by atoms with Gasteiger partial charge in [-0.25, -0.2) is 9.67 Å². The highest BCUT2D eigenvalue weighted by molar-refractivity contribution is 4.85. The van der Waals surface area contributed by atoms with Crippen LogP contribution in [0, 0.1) is 0 Å². The molecule has 2 N–H and O–H groups in total. The van der Waals surface area contributed by atoms with Gasteiger partial charge in [0.15, 0.2) is 5.82 Å². The van der Waals surface area contributed by atoms with E-state index >= 15 is 0 Å². The van der Waals surface area contributed by atoms with Gasteiger partial charge >= 0.3 is 0 Å². The van der Waals surface area contributed by atoms with E-state index in [1.54, 1.807) is 6.33 Å². The molecule has 1 aliphatic carbocycles. The van der Waals surface area contributed by atoms with Crippen LogP contribution in [-0.4, -0.2) is 26.9 Å². The Morgan fingerprint density at radius 3 is 3.12 bits per heavy atom. The van der Waals surface area contributed by atoms with Crippen molar-refractivity contribution in [1.82, 2.24) is 14.8 Å². The summed E-state index contributed by atoms with van der Waals surface area (Å²) in [4.78, 5) is 4.21. The first-order chi connectivity index (χ1) is 7.81. The van der Waals surface area contributed by atoms with Crippen molar-refractivity contribution in [3.05, 3.63) is 12.2 Å². The average molecular weight is 224 g/mol. The Labute approximate surface area is 96.0 Å². The summed E-state index contributed by atoms with van der Waals surface area (Å²) in [6.45, 7) is 3.55. The zero-order chi connectivity index (χ0) is 11.4. The minimum atomic E-state index is 0.197. The molecule has 90 valence electrons. The topological polar surface area (TPSA) is 66.0 Å². The summed E-state index contributed by atoms with van der Waals surface area (Å²) in [5, 5.41) is 4.16. The third-order valence-electron chi connectivity index (χ3n) is 3.06. The van der Waals surface area contributed by atoms with Crippen molar-refractivity contribution in [1.29, 1.82) is 0 Å². The maximum atomic E-state index is 5.95. The lowest BCUT2D eigenvalue weighted by Crippen LogP contribution is -2.31. The lowest BCUT2D eigenvalue weighted by Gasteiger charge is -2.16. The molecule has 0 spiro atoms. The van der Waals surface area contributed by atoms with E-state index in [4.69, 9.17) is 10.5 Å². The minimum Gasteiger partial charge on any atom is -0.369 e. The molecule has 1 aliphatic rings. The summed E-state index contributed by atoms with van der Waals surface area (Å²) in [6.07, 6.45) is 6.16. The van der Waals surface area contributed by atoms with Gasteiger partial charge in [0.25, 0.3) is 0 Å². The average Bonchev–Trinajstić information content (AvgIpc) is 2.86. The number of hydrogen-bond acceptors (Lipinski definition) is 4. The van der Waals surface area contributed by atoms with Gasteiger partial charge in [-0.2, -0.15) is 5.10 Å². The Morgan fingerprint density at radius 1 is 1.56 bits per heavy atom. The number of nitrogens with zero attached hydrogens (tertiary/aromatic N) is 3. The van der Waals surface area contributed by atoms with Crippen LogP contribution in [0.15, 0.2) is 6.33 Å². The maximum Gasteiger partial charge on any atom is 0.152 e. The van der Waals surface area contributed by atoms with Crippen LogP contribution in [0.2, 0.25) is 0 Å². The molecule has 0 saturated heterocycles. The Bertz CT molecular complexity index is 326.